The second kappa shape index (κ2) is 9.47. The number of carbonyl (C=O) groups excluding carboxylic acids is 1. The van der Waals surface area contributed by atoms with Crippen LogP contribution in [0.25, 0.3) is 11.0 Å². The number of alkyl halides is 2. The molecule has 0 fully saturated rings. The number of ether oxygens (including phenoxy) is 1. The van der Waals surface area contributed by atoms with Gasteiger partial charge in [-0.25, -0.2) is 4.98 Å². The van der Waals surface area contributed by atoms with E-state index >= 15 is 0 Å². The van der Waals surface area contributed by atoms with E-state index in [4.69, 9.17) is 0 Å². The Labute approximate surface area is 168 Å². The molecule has 154 valence electrons. The summed E-state index contributed by atoms with van der Waals surface area (Å²) >= 11 is 0. The molecule has 1 amide bonds. The van der Waals surface area contributed by atoms with Crippen molar-refractivity contribution in [2.75, 3.05) is 25.0 Å². The molecule has 0 saturated carbocycles. The molecular formula is C21H24F2N4O2. The zero-order valence-corrected chi connectivity index (χ0v) is 16.4. The molecule has 0 radical (unpaired) electrons. The summed E-state index contributed by atoms with van der Waals surface area (Å²) < 4.78 is 30.9. The standard InChI is InChI=1S/C21H24F2N4O2/c1-3-26(4-2)13-14-27-18-8-6-5-7-17(18)24-21(27)25-19(28)15-9-11-16(12-10-15)29-20(22)23/h5-12,20H,3-4,13-14H2,1-2H3,(H,24,25,28). The minimum absolute atomic E-state index is 0.00279. The van der Waals surface area contributed by atoms with Crippen LogP contribution in [0.4, 0.5) is 14.7 Å². The van der Waals surface area contributed by atoms with Crippen LogP contribution in [0.3, 0.4) is 0 Å². The number of imidazole rings is 1. The number of benzene rings is 2. The number of halogens is 2. The van der Waals surface area contributed by atoms with Gasteiger partial charge in [0.1, 0.15) is 5.75 Å². The van der Waals surface area contributed by atoms with E-state index in [-0.39, 0.29) is 11.7 Å². The van der Waals surface area contributed by atoms with Crippen molar-refractivity contribution in [1.82, 2.24) is 14.5 Å². The maximum Gasteiger partial charge on any atom is 0.387 e. The van der Waals surface area contributed by atoms with Crippen molar-refractivity contribution in [1.29, 1.82) is 0 Å². The van der Waals surface area contributed by atoms with Crippen LogP contribution in [-0.2, 0) is 6.54 Å². The van der Waals surface area contributed by atoms with Crippen molar-refractivity contribution in [2.24, 2.45) is 0 Å². The quantitative estimate of drug-likeness (QED) is 0.582. The smallest absolute Gasteiger partial charge is 0.387 e. The summed E-state index contributed by atoms with van der Waals surface area (Å²) in [6.07, 6.45) is 0. The maximum atomic E-state index is 12.7. The first-order valence-electron chi connectivity index (χ1n) is 9.55. The van der Waals surface area contributed by atoms with E-state index in [1.807, 2.05) is 28.8 Å². The van der Waals surface area contributed by atoms with Gasteiger partial charge in [0.25, 0.3) is 5.91 Å². The fraction of sp³-hybridized carbons (Fsp3) is 0.333. The Morgan fingerprint density at radius 3 is 2.48 bits per heavy atom. The van der Waals surface area contributed by atoms with Gasteiger partial charge in [0, 0.05) is 18.7 Å². The summed E-state index contributed by atoms with van der Waals surface area (Å²) in [5.74, 6) is 0.0901. The first kappa shape index (κ1) is 20.7. The Kier molecular flexibility index (Phi) is 6.77. The van der Waals surface area contributed by atoms with Gasteiger partial charge >= 0.3 is 6.61 Å². The number of nitrogens with zero attached hydrogens (tertiary/aromatic N) is 3. The second-order valence-electron chi connectivity index (χ2n) is 6.46. The lowest BCUT2D eigenvalue weighted by molar-refractivity contribution is -0.0498. The molecule has 1 N–H and O–H groups in total. The highest BCUT2D eigenvalue weighted by molar-refractivity contribution is 6.04. The summed E-state index contributed by atoms with van der Waals surface area (Å²) in [7, 11) is 0. The van der Waals surface area contributed by atoms with Gasteiger partial charge in [-0.1, -0.05) is 26.0 Å². The van der Waals surface area contributed by atoms with Crippen LogP contribution in [0.2, 0.25) is 0 Å². The normalized spacial score (nSPS) is 11.4. The third-order valence-electron chi connectivity index (χ3n) is 4.76. The van der Waals surface area contributed by atoms with E-state index in [2.05, 4.69) is 33.8 Å². The number of para-hydroxylation sites is 2. The molecule has 1 heterocycles. The first-order valence-corrected chi connectivity index (χ1v) is 9.55. The zero-order chi connectivity index (χ0) is 20.8. The monoisotopic (exact) mass is 402 g/mol. The van der Waals surface area contributed by atoms with Crippen LogP contribution >= 0.6 is 0 Å². The molecule has 0 atom stereocenters. The molecule has 0 unspecified atom stereocenters. The van der Waals surface area contributed by atoms with E-state index in [0.717, 1.165) is 30.7 Å². The van der Waals surface area contributed by atoms with Gasteiger partial charge in [-0.05, 0) is 49.5 Å². The number of likely N-dealkylation sites (N-methyl/N-ethyl adjacent to an activating group) is 1. The maximum absolute atomic E-state index is 12.7. The molecule has 8 heteroatoms. The lowest BCUT2D eigenvalue weighted by Crippen LogP contribution is -2.27. The topological polar surface area (TPSA) is 59.4 Å². The fourth-order valence-electron chi connectivity index (χ4n) is 3.14. The molecule has 1 aromatic heterocycles. The molecule has 0 spiro atoms. The van der Waals surface area contributed by atoms with Gasteiger partial charge in [-0.3, -0.25) is 10.1 Å². The number of hydrogen-bond acceptors (Lipinski definition) is 4. The SMILES string of the molecule is CCN(CC)CCn1c(NC(=O)c2ccc(OC(F)F)cc2)nc2ccccc21. The van der Waals surface area contributed by atoms with Gasteiger partial charge in [0.2, 0.25) is 5.95 Å². The number of rotatable bonds is 9. The molecule has 0 aliphatic carbocycles. The Balaban J connectivity index is 1.81. The van der Waals surface area contributed by atoms with Crippen molar-refractivity contribution in [3.8, 4) is 5.75 Å². The molecule has 2 aromatic carbocycles. The third kappa shape index (κ3) is 5.08. The molecule has 3 rings (SSSR count). The summed E-state index contributed by atoms with van der Waals surface area (Å²) in [6.45, 7) is 4.71. The summed E-state index contributed by atoms with van der Waals surface area (Å²) in [5, 5.41) is 2.84. The van der Waals surface area contributed by atoms with Crippen molar-refractivity contribution < 1.29 is 18.3 Å². The summed E-state index contributed by atoms with van der Waals surface area (Å²) in [4.78, 5) is 19.5. The average Bonchev–Trinajstić information content (AvgIpc) is 3.06. The van der Waals surface area contributed by atoms with Crippen LogP contribution in [0.15, 0.2) is 48.5 Å². The van der Waals surface area contributed by atoms with Gasteiger partial charge in [0.05, 0.1) is 11.0 Å². The fourth-order valence-corrected chi connectivity index (χ4v) is 3.14. The van der Waals surface area contributed by atoms with E-state index in [1.165, 1.54) is 24.3 Å². The van der Waals surface area contributed by atoms with Crippen LogP contribution < -0.4 is 10.1 Å². The molecular weight excluding hydrogens is 378 g/mol. The second-order valence-corrected chi connectivity index (χ2v) is 6.46. The average molecular weight is 402 g/mol. The number of fused-ring (bicyclic) bond motifs is 1. The van der Waals surface area contributed by atoms with Crippen LogP contribution in [0.1, 0.15) is 24.2 Å². The first-order chi connectivity index (χ1) is 14.0. The molecule has 0 aliphatic rings. The number of hydrogen-bond donors (Lipinski definition) is 1. The van der Waals surface area contributed by atoms with Gasteiger partial charge in [-0.15, -0.1) is 0 Å². The van der Waals surface area contributed by atoms with Crippen molar-refractivity contribution >= 4 is 22.9 Å². The molecule has 6 nitrogen and oxygen atoms in total. The Morgan fingerprint density at radius 1 is 1.14 bits per heavy atom. The van der Waals surface area contributed by atoms with E-state index in [9.17, 15) is 13.6 Å². The van der Waals surface area contributed by atoms with Crippen molar-refractivity contribution in [3.05, 3.63) is 54.1 Å². The highest BCUT2D eigenvalue weighted by atomic mass is 19.3. The number of amides is 1. The lowest BCUT2D eigenvalue weighted by Gasteiger charge is -2.19. The molecule has 3 aromatic rings. The summed E-state index contributed by atoms with van der Waals surface area (Å²) in [5.41, 5.74) is 2.06. The minimum Gasteiger partial charge on any atom is -0.435 e. The van der Waals surface area contributed by atoms with Crippen molar-refractivity contribution in [3.63, 3.8) is 0 Å². The molecule has 0 saturated heterocycles. The van der Waals surface area contributed by atoms with E-state index in [0.29, 0.717) is 18.1 Å². The van der Waals surface area contributed by atoms with Crippen molar-refractivity contribution in [2.45, 2.75) is 27.0 Å². The Hall–Kier alpha value is -3.00. The molecule has 0 aliphatic heterocycles. The Morgan fingerprint density at radius 2 is 1.83 bits per heavy atom. The highest BCUT2D eigenvalue weighted by Gasteiger charge is 2.15. The van der Waals surface area contributed by atoms with Crippen LogP contribution in [0.5, 0.6) is 5.75 Å². The minimum atomic E-state index is -2.90. The van der Waals surface area contributed by atoms with Crippen LogP contribution in [-0.4, -0.2) is 46.6 Å². The summed E-state index contributed by atoms with van der Waals surface area (Å²) in [6, 6.07) is 13.3. The Bertz CT molecular complexity index is 953. The van der Waals surface area contributed by atoms with Gasteiger partial charge in [0.15, 0.2) is 0 Å². The van der Waals surface area contributed by atoms with E-state index < -0.39 is 6.61 Å². The highest BCUT2D eigenvalue weighted by Crippen LogP contribution is 2.21. The number of nitrogens with one attached hydrogen (secondary N) is 1. The van der Waals surface area contributed by atoms with Crippen LogP contribution in [0, 0.1) is 0 Å². The lowest BCUT2D eigenvalue weighted by atomic mass is 10.2. The largest absolute Gasteiger partial charge is 0.435 e. The third-order valence-corrected chi connectivity index (χ3v) is 4.76. The number of anilines is 1. The van der Waals surface area contributed by atoms with Gasteiger partial charge < -0.3 is 14.2 Å². The number of aromatic nitrogens is 2. The predicted molar refractivity (Wildman–Crippen MR) is 109 cm³/mol. The molecule has 0 bridgehead atoms. The van der Waals surface area contributed by atoms with E-state index in [1.54, 1.807) is 0 Å². The molecule has 29 heavy (non-hydrogen) atoms. The van der Waals surface area contributed by atoms with Gasteiger partial charge in [-0.2, -0.15) is 8.78 Å². The number of carbonyl (C=O) groups is 1. The predicted octanol–water partition coefficient (Wildman–Crippen LogP) is 4.23. The zero-order valence-electron chi connectivity index (χ0n) is 16.4.